The van der Waals surface area contributed by atoms with Crippen molar-refractivity contribution in [2.75, 3.05) is 0 Å². The van der Waals surface area contributed by atoms with Crippen LogP contribution in [-0.4, -0.2) is 8.37 Å². The fourth-order valence-electron chi connectivity index (χ4n) is 0.386. The molecule has 0 amide bonds. The van der Waals surface area contributed by atoms with E-state index in [1.54, 1.807) is 11.8 Å². The third kappa shape index (κ3) is 7.12. The van der Waals surface area contributed by atoms with E-state index in [0.29, 0.717) is 4.16 Å². The maximum Gasteiger partial charge on any atom is 0.0851 e. The van der Waals surface area contributed by atoms with Crippen molar-refractivity contribution in [3.8, 4) is 0 Å². The van der Waals surface area contributed by atoms with Crippen LogP contribution in [-0.2, 0) is 0 Å². The lowest BCUT2D eigenvalue weighted by molar-refractivity contribution is 1.01. The molecule has 0 aliphatic rings. The second-order valence-corrected chi connectivity index (χ2v) is 7.14. The first-order chi connectivity index (χ1) is 3.42. The van der Waals surface area contributed by atoms with Gasteiger partial charge in [-0.25, -0.2) is 0 Å². The van der Waals surface area contributed by atoms with E-state index in [2.05, 4.69) is 22.9 Å². The number of alkyl halides is 2. The van der Waals surface area contributed by atoms with Gasteiger partial charge in [0.1, 0.15) is 0 Å². The molecule has 50 valence electrons. The second-order valence-electron chi connectivity index (χ2n) is 2.02. The SMILES string of the molecule is CC(Br)SC(C)(C)Cl. The second kappa shape index (κ2) is 3.33. The minimum atomic E-state index is -0.136. The summed E-state index contributed by atoms with van der Waals surface area (Å²) < 4.78 is 0.304. The Morgan fingerprint density at radius 2 is 2.00 bits per heavy atom. The summed E-state index contributed by atoms with van der Waals surface area (Å²) in [5.74, 6) is 0. The van der Waals surface area contributed by atoms with Crippen molar-refractivity contribution in [1.29, 1.82) is 0 Å². The molecule has 0 radical (unpaired) electrons. The molecule has 0 N–H and O–H groups in total. The molecule has 0 bridgehead atoms. The smallest absolute Gasteiger partial charge is 0.0851 e. The minimum absolute atomic E-state index is 0.136. The van der Waals surface area contributed by atoms with E-state index >= 15 is 0 Å². The van der Waals surface area contributed by atoms with Crippen molar-refractivity contribution in [2.45, 2.75) is 29.1 Å². The van der Waals surface area contributed by atoms with Gasteiger partial charge in [-0.2, -0.15) is 0 Å². The highest BCUT2D eigenvalue weighted by atomic mass is 79.9. The standard InChI is InChI=1S/C5H10BrClS/c1-4(6)8-5(2,3)7/h4H,1-3H3. The molecule has 0 saturated carbocycles. The zero-order valence-electron chi connectivity index (χ0n) is 5.24. The zero-order chi connectivity index (χ0) is 6.78. The fraction of sp³-hybridized carbons (Fsp3) is 1.00. The summed E-state index contributed by atoms with van der Waals surface area (Å²) in [6, 6.07) is 0. The number of halogens is 2. The topological polar surface area (TPSA) is 0 Å². The molecule has 0 aromatic heterocycles. The molecule has 0 rings (SSSR count). The van der Waals surface area contributed by atoms with Gasteiger partial charge in [0.25, 0.3) is 0 Å². The molecule has 3 heteroatoms. The van der Waals surface area contributed by atoms with Gasteiger partial charge in [-0.05, 0) is 20.8 Å². The molecule has 8 heavy (non-hydrogen) atoms. The molecule has 0 aromatic rings. The van der Waals surface area contributed by atoms with Gasteiger partial charge in [-0.1, -0.05) is 15.9 Å². The Hall–Kier alpha value is 1.12. The number of hydrogen-bond donors (Lipinski definition) is 0. The molecule has 0 spiro atoms. The van der Waals surface area contributed by atoms with Crippen molar-refractivity contribution in [3.05, 3.63) is 0 Å². The van der Waals surface area contributed by atoms with Gasteiger partial charge in [0.05, 0.1) is 8.37 Å². The Morgan fingerprint density at radius 3 is 2.00 bits per heavy atom. The van der Waals surface area contributed by atoms with Crippen molar-refractivity contribution in [1.82, 2.24) is 0 Å². The van der Waals surface area contributed by atoms with E-state index in [0.717, 1.165) is 0 Å². The molecule has 1 atom stereocenters. The molecule has 0 aromatic carbocycles. The Labute approximate surface area is 68.5 Å². The van der Waals surface area contributed by atoms with Crippen molar-refractivity contribution < 1.29 is 0 Å². The summed E-state index contributed by atoms with van der Waals surface area (Å²) >= 11 is 10.9. The molecule has 0 aliphatic heterocycles. The molecule has 0 fully saturated rings. The number of rotatable bonds is 2. The molecule has 0 nitrogen and oxygen atoms in total. The third-order valence-electron chi connectivity index (χ3n) is 0.443. The van der Waals surface area contributed by atoms with Gasteiger partial charge >= 0.3 is 0 Å². The van der Waals surface area contributed by atoms with Crippen LogP contribution >= 0.6 is 39.3 Å². The molecular formula is C5H10BrClS. The van der Waals surface area contributed by atoms with Crippen LogP contribution in [0.2, 0.25) is 0 Å². The van der Waals surface area contributed by atoms with Gasteiger partial charge < -0.3 is 0 Å². The highest BCUT2D eigenvalue weighted by Crippen LogP contribution is 2.34. The predicted molar refractivity (Wildman–Crippen MR) is 45.9 cm³/mol. The van der Waals surface area contributed by atoms with Crippen LogP contribution in [0.15, 0.2) is 0 Å². The first-order valence-corrected chi connectivity index (χ1v) is 4.60. The number of thioether (sulfide) groups is 1. The van der Waals surface area contributed by atoms with Gasteiger partial charge in [0.15, 0.2) is 0 Å². The van der Waals surface area contributed by atoms with Crippen LogP contribution in [0.4, 0.5) is 0 Å². The van der Waals surface area contributed by atoms with E-state index in [4.69, 9.17) is 11.6 Å². The third-order valence-corrected chi connectivity index (χ3v) is 2.16. The van der Waals surface area contributed by atoms with Crippen LogP contribution in [0.5, 0.6) is 0 Å². The monoisotopic (exact) mass is 216 g/mol. The summed E-state index contributed by atoms with van der Waals surface area (Å²) in [7, 11) is 0. The first kappa shape index (κ1) is 9.12. The van der Waals surface area contributed by atoms with Gasteiger partial charge in [-0.3, -0.25) is 0 Å². The summed E-state index contributed by atoms with van der Waals surface area (Å²) in [5.41, 5.74) is 0. The molecular weight excluding hydrogens is 207 g/mol. The maximum absolute atomic E-state index is 5.86. The van der Waals surface area contributed by atoms with E-state index in [-0.39, 0.29) is 4.21 Å². The average molecular weight is 218 g/mol. The van der Waals surface area contributed by atoms with Gasteiger partial charge in [0, 0.05) is 0 Å². The maximum atomic E-state index is 5.86. The zero-order valence-corrected chi connectivity index (χ0v) is 8.40. The van der Waals surface area contributed by atoms with E-state index in [1.165, 1.54) is 0 Å². The summed E-state index contributed by atoms with van der Waals surface area (Å²) in [6.07, 6.45) is 0. The highest BCUT2D eigenvalue weighted by Gasteiger charge is 2.15. The number of hydrogen-bond acceptors (Lipinski definition) is 1. The van der Waals surface area contributed by atoms with Crippen molar-refractivity contribution in [2.24, 2.45) is 0 Å². The molecule has 0 heterocycles. The van der Waals surface area contributed by atoms with Gasteiger partial charge in [-0.15, -0.1) is 23.4 Å². The lowest BCUT2D eigenvalue weighted by Crippen LogP contribution is -2.05. The van der Waals surface area contributed by atoms with Crippen LogP contribution in [0.1, 0.15) is 20.8 Å². The first-order valence-electron chi connectivity index (χ1n) is 2.42. The van der Waals surface area contributed by atoms with Crippen molar-refractivity contribution in [3.63, 3.8) is 0 Å². The van der Waals surface area contributed by atoms with Crippen LogP contribution in [0.25, 0.3) is 0 Å². The van der Waals surface area contributed by atoms with Crippen LogP contribution in [0, 0.1) is 0 Å². The van der Waals surface area contributed by atoms with Crippen LogP contribution in [0.3, 0.4) is 0 Å². The van der Waals surface area contributed by atoms with E-state index in [1.807, 2.05) is 13.8 Å². The minimum Gasteiger partial charge on any atom is -0.125 e. The van der Waals surface area contributed by atoms with Crippen molar-refractivity contribution >= 4 is 39.3 Å². The normalized spacial score (nSPS) is 16.1. The Balaban J connectivity index is 3.39. The fourth-order valence-corrected chi connectivity index (χ4v) is 3.28. The van der Waals surface area contributed by atoms with E-state index in [9.17, 15) is 0 Å². The Kier molecular flexibility index (Phi) is 3.79. The van der Waals surface area contributed by atoms with Gasteiger partial charge in [0.2, 0.25) is 0 Å². The molecule has 0 saturated heterocycles. The Morgan fingerprint density at radius 1 is 1.62 bits per heavy atom. The Bertz CT molecular complexity index is 67.3. The van der Waals surface area contributed by atoms with E-state index < -0.39 is 0 Å². The average Bonchev–Trinajstić information content (AvgIpc) is 1.21. The summed E-state index contributed by atoms with van der Waals surface area (Å²) in [5, 5.41) is 0. The quantitative estimate of drug-likeness (QED) is 0.639. The lowest BCUT2D eigenvalue weighted by atomic mass is 10.6. The molecule has 0 aliphatic carbocycles. The largest absolute Gasteiger partial charge is 0.125 e. The lowest BCUT2D eigenvalue weighted by Gasteiger charge is -2.15. The summed E-state index contributed by atoms with van der Waals surface area (Å²) in [6.45, 7) is 6.03. The summed E-state index contributed by atoms with van der Waals surface area (Å²) in [4.78, 5) is 0. The highest BCUT2D eigenvalue weighted by molar-refractivity contribution is 9.11. The molecule has 1 unspecified atom stereocenters. The van der Waals surface area contributed by atoms with Crippen LogP contribution < -0.4 is 0 Å². The predicted octanol–water partition coefficient (Wildman–Crippen LogP) is 3.44.